The normalized spacial score (nSPS) is 12.8. The number of hydrogen-bond donors (Lipinski definition) is 2. The molecule has 0 aliphatic carbocycles. The Morgan fingerprint density at radius 1 is 1.53 bits per heavy atom. The van der Waals surface area contributed by atoms with Gasteiger partial charge in [0.1, 0.15) is 11.6 Å². The number of rotatable bonds is 4. The van der Waals surface area contributed by atoms with Crippen LogP contribution in [-0.4, -0.2) is 17.6 Å². The smallest absolute Gasteiger partial charge is 0.304 e. The standard InChI is InChI=1S/C12H12FNO3/c13-9-1-2-10-8(3-9)6-17-12(10)7(5-14)4-11(15)16/h1-3,6-7H,4-5,14H2,(H,15,16). The van der Waals surface area contributed by atoms with Gasteiger partial charge in [-0.25, -0.2) is 4.39 Å². The summed E-state index contributed by atoms with van der Waals surface area (Å²) in [5, 5.41) is 10.1. The van der Waals surface area contributed by atoms with Gasteiger partial charge in [0, 0.05) is 23.2 Å². The molecular formula is C12H12FNO3. The van der Waals surface area contributed by atoms with E-state index in [-0.39, 0.29) is 18.8 Å². The van der Waals surface area contributed by atoms with Gasteiger partial charge in [-0.2, -0.15) is 0 Å². The van der Waals surface area contributed by atoms with Gasteiger partial charge in [0.15, 0.2) is 0 Å². The molecule has 0 bridgehead atoms. The Kier molecular flexibility index (Phi) is 3.10. The second-order valence-corrected chi connectivity index (χ2v) is 3.86. The summed E-state index contributed by atoms with van der Waals surface area (Å²) < 4.78 is 18.3. The molecule has 5 heteroatoms. The number of aliphatic carboxylic acids is 1. The van der Waals surface area contributed by atoms with Crippen molar-refractivity contribution in [3.8, 4) is 0 Å². The summed E-state index contributed by atoms with van der Waals surface area (Å²) in [4.78, 5) is 10.7. The van der Waals surface area contributed by atoms with Crippen LogP contribution in [0.5, 0.6) is 0 Å². The molecule has 4 nitrogen and oxygen atoms in total. The number of carboxylic acids is 1. The lowest BCUT2D eigenvalue weighted by atomic mass is 9.99. The molecule has 0 saturated carbocycles. The second-order valence-electron chi connectivity index (χ2n) is 3.86. The highest BCUT2D eigenvalue weighted by Gasteiger charge is 2.20. The molecule has 0 aliphatic rings. The first-order chi connectivity index (χ1) is 8.11. The first kappa shape index (κ1) is 11.6. The van der Waals surface area contributed by atoms with E-state index in [4.69, 9.17) is 15.3 Å². The van der Waals surface area contributed by atoms with E-state index >= 15 is 0 Å². The van der Waals surface area contributed by atoms with Crippen LogP contribution in [0.2, 0.25) is 0 Å². The lowest BCUT2D eigenvalue weighted by molar-refractivity contribution is -0.137. The minimum absolute atomic E-state index is 0.101. The third-order valence-electron chi connectivity index (χ3n) is 2.67. The molecule has 0 spiro atoms. The fraction of sp³-hybridized carbons (Fsp3) is 0.250. The molecule has 1 unspecified atom stereocenters. The molecule has 1 aromatic carbocycles. The first-order valence-corrected chi connectivity index (χ1v) is 5.20. The number of carbonyl (C=O) groups is 1. The van der Waals surface area contributed by atoms with Crippen LogP contribution >= 0.6 is 0 Å². The average molecular weight is 237 g/mol. The van der Waals surface area contributed by atoms with E-state index in [9.17, 15) is 9.18 Å². The van der Waals surface area contributed by atoms with Gasteiger partial charge in [-0.15, -0.1) is 0 Å². The third-order valence-corrected chi connectivity index (χ3v) is 2.67. The summed E-state index contributed by atoms with van der Waals surface area (Å²) in [6.07, 6.45) is 1.31. The minimum atomic E-state index is -0.938. The van der Waals surface area contributed by atoms with Crippen molar-refractivity contribution in [1.82, 2.24) is 0 Å². The maximum Gasteiger partial charge on any atom is 0.304 e. The van der Waals surface area contributed by atoms with E-state index in [1.165, 1.54) is 18.4 Å². The Balaban J connectivity index is 2.43. The fourth-order valence-corrected chi connectivity index (χ4v) is 1.86. The minimum Gasteiger partial charge on any atom is -0.481 e. The topological polar surface area (TPSA) is 76.5 Å². The van der Waals surface area contributed by atoms with E-state index in [1.807, 2.05) is 0 Å². The third kappa shape index (κ3) is 2.29. The van der Waals surface area contributed by atoms with Crippen LogP contribution in [0.25, 0.3) is 10.8 Å². The number of halogens is 1. The Bertz CT molecular complexity index is 550. The van der Waals surface area contributed by atoms with E-state index in [1.54, 1.807) is 6.07 Å². The lowest BCUT2D eigenvalue weighted by Gasteiger charge is -2.09. The van der Waals surface area contributed by atoms with Gasteiger partial charge >= 0.3 is 5.97 Å². The van der Waals surface area contributed by atoms with E-state index < -0.39 is 11.9 Å². The van der Waals surface area contributed by atoms with Crippen molar-refractivity contribution in [3.05, 3.63) is 36.0 Å². The van der Waals surface area contributed by atoms with Crippen LogP contribution in [0, 0.1) is 5.82 Å². The number of furan rings is 1. The van der Waals surface area contributed by atoms with Crippen molar-refractivity contribution < 1.29 is 18.7 Å². The molecule has 0 radical (unpaired) electrons. The van der Waals surface area contributed by atoms with Gasteiger partial charge in [-0.1, -0.05) is 0 Å². The summed E-state index contributed by atoms with van der Waals surface area (Å²) in [5.41, 5.74) is 5.54. The quantitative estimate of drug-likeness (QED) is 0.853. The predicted octanol–water partition coefficient (Wildman–Crippen LogP) is 2.09. The summed E-state index contributed by atoms with van der Waals surface area (Å²) >= 11 is 0. The number of nitrogens with two attached hydrogens (primary N) is 1. The second kappa shape index (κ2) is 4.55. The Labute approximate surface area is 96.8 Å². The van der Waals surface area contributed by atoms with Crippen LogP contribution in [0.1, 0.15) is 18.1 Å². The SMILES string of the molecule is NCC(CC(=O)O)c1occ2cc(F)ccc12. The molecule has 0 amide bonds. The van der Waals surface area contributed by atoms with Crippen LogP contribution in [0.3, 0.4) is 0 Å². The molecule has 90 valence electrons. The van der Waals surface area contributed by atoms with Gasteiger partial charge in [0.2, 0.25) is 0 Å². The van der Waals surface area contributed by atoms with Crippen molar-refractivity contribution in [2.45, 2.75) is 12.3 Å². The number of benzene rings is 1. The van der Waals surface area contributed by atoms with Crippen molar-refractivity contribution in [2.24, 2.45) is 5.73 Å². The van der Waals surface area contributed by atoms with Gasteiger partial charge in [0.05, 0.1) is 12.7 Å². The van der Waals surface area contributed by atoms with Crippen molar-refractivity contribution in [3.63, 3.8) is 0 Å². The molecule has 1 heterocycles. The zero-order valence-corrected chi connectivity index (χ0v) is 9.02. The van der Waals surface area contributed by atoms with Gasteiger partial charge in [-0.05, 0) is 18.2 Å². The zero-order valence-electron chi connectivity index (χ0n) is 9.02. The summed E-state index contributed by atoms with van der Waals surface area (Å²) in [6, 6.07) is 4.24. The summed E-state index contributed by atoms with van der Waals surface area (Å²) in [7, 11) is 0. The predicted molar refractivity (Wildman–Crippen MR) is 60.2 cm³/mol. The molecule has 17 heavy (non-hydrogen) atoms. The molecular weight excluding hydrogens is 225 g/mol. The lowest BCUT2D eigenvalue weighted by Crippen LogP contribution is -2.15. The number of hydrogen-bond acceptors (Lipinski definition) is 3. The molecule has 3 N–H and O–H groups in total. The molecule has 0 saturated heterocycles. The summed E-state index contributed by atoms with van der Waals surface area (Å²) in [5.74, 6) is -1.18. The molecule has 1 atom stereocenters. The van der Waals surface area contributed by atoms with Crippen molar-refractivity contribution >= 4 is 16.7 Å². The van der Waals surface area contributed by atoms with Gasteiger partial charge in [0.25, 0.3) is 0 Å². The Morgan fingerprint density at radius 2 is 2.29 bits per heavy atom. The highest BCUT2D eigenvalue weighted by atomic mass is 19.1. The van der Waals surface area contributed by atoms with E-state index in [2.05, 4.69) is 0 Å². The van der Waals surface area contributed by atoms with Crippen LogP contribution < -0.4 is 5.73 Å². The highest BCUT2D eigenvalue weighted by molar-refractivity contribution is 5.85. The van der Waals surface area contributed by atoms with Crippen LogP contribution in [-0.2, 0) is 4.79 Å². The Morgan fingerprint density at radius 3 is 2.94 bits per heavy atom. The van der Waals surface area contributed by atoms with E-state index in [0.717, 1.165) is 0 Å². The van der Waals surface area contributed by atoms with Crippen molar-refractivity contribution in [2.75, 3.05) is 6.54 Å². The fourth-order valence-electron chi connectivity index (χ4n) is 1.86. The molecule has 1 aromatic heterocycles. The van der Waals surface area contributed by atoms with Crippen LogP contribution in [0.4, 0.5) is 4.39 Å². The van der Waals surface area contributed by atoms with Gasteiger partial charge < -0.3 is 15.3 Å². The zero-order chi connectivity index (χ0) is 12.4. The van der Waals surface area contributed by atoms with Crippen molar-refractivity contribution in [1.29, 1.82) is 0 Å². The molecule has 0 aliphatic heterocycles. The molecule has 2 rings (SSSR count). The number of fused-ring (bicyclic) bond motifs is 1. The monoisotopic (exact) mass is 237 g/mol. The molecule has 0 fully saturated rings. The van der Waals surface area contributed by atoms with E-state index in [0.29, 0.717) is 16.5 Å². The Hall–Kier alpha value is -1.88. The highest BCUT2D eigenvalue weighted by Crippen LogP contribution is 2.29. The average Bonchev–Trinajstić information content (AvgIpc) is 2.68. The number of carboxylic acid groups (broad SMARTS) is 1. The maximum atomic E-state index is 13.0. The van der Waals surface area contributed by atoms with Gasteiger partial charge in [-0.3, -0.25) is 4.79 Å². The summed E-state index contributed by atoms with van der Waals surface area (Å²) in [6.45, 7) is 0.173. The maximum absolute atomic E-state index is 13.0. The largest absolute Gasteiger partial charge is 0.481 e. The molecule has 2 aromatic rings. The van der Waals surface area contributed by atoms with Crippen LogP contribution in [0.15, 0.2) is 28.9 Å². The first-order valence-electron chi connectivity index (χ1n) is 5.20.